The second-order valence-electron chi connectivity index (χ2n) is 4.50. The molecule has 0 unspecified atom stereocenters. The first-order valence-electron chi connectivity index (χ1n) is 6.41. The number of unbranched alkanes of at least 4 members (excludes halogenated alkanes) is 3. The second kappa shape index (κ2) is 9.13. The third-order valence-corrected chi connectivity index (χ3v) is 2.86. The average Bonchev–Trinajstić information content (AvgIpc) is 2.22. The summed E-state index contributed by atoms with van der Waals surface area (Å²) in [6, 6.07) is 0. The van der Waals surface area contributed by atoms with Gasteiger partial charge in [0.1, 0.15) is 0 Å². The topological polar surface area (TPSA) is 64.1 Å². The van der Waals surface area contributed by atoms with Crippen molar-refractivity contribution in [2.24, 2.45) is 11.5 Å². The minimum Gasteiger partial charge on any atom is -0.317 e. The van der Waals surface area contributed by atoms with E-state index < -0.39 is 5.66 Å². The molecule has 0 rings (SSSR count). The Morgan fingerprint density at radius 2 is 1.60 bits per heavy atom. The second-order valence-corrected chi connectivity index (χ2v) is 4.50. The van der Waals surface area contributed by atoms with Crippen LogP contribution < -0.4 is 16.8 Å². The third kappa shape index (κ3) is 10.2. The Bertz CT molecular complexity index is 135. The number of hydrogen-bond acceptors (Lipinski definition) is 3. The van der Waals surface area contributed by atoms with Crippen LogP contribution in [0.3, 0.4) is 0 Å². The summed E-state index contributed by atoms with van der Waals surface area (Å²) in [5.41, 5.74) is 11.2. The first-order chi connectivity index (χ1) is 7.12. The van der Waals surface area contributed by atoms with Gasteiger partial charge in [-0.1, -0.05) is 33.1 Å². The van der Waals surface area contributed by atoms with E-state index in [0.717, 1.165) is 32.4 Å². The number of nitrogens with two attached hydrogens (primary N) is 2. The van der Waals surface area contributed by atoms with Gasteiger partial charge in [0.2, 0.25) is 0 Å². The molecule has 3 nitrogen and oxygen atoms in total. The first kappa shape index (κ1) is 14.9. The average molecular weight is 215 g/mol. The van der Waals surface area contributed by atoms with Crippen molar-refractivity contribution in [2.75, 3.05) is 13.1 Å². The van der Waals surface area contributed by atoms with E-state index in [2.05, 4.69) is 12.2 Å². The lowest BCUT2D eigenvalue weighted by Crippen LogP contribution is -2.48. The molecule has 0 aliphatic heterocycles. The molecule has 5 N–H and O–H groups in total. The van der Waals surface area contributed by atoms with Crippen molar-refractivity contribution in [2.45, 2.75) is 64.5 Å². The summed E-state index contributed by atoms with van der Waals surface area (Å²) in [6.45, 7) is 6.45. The number of rotatable bonds is 10. The zero-order chi connectivity index (χ0) is 11.6. The van der Waals surface area contributed by atoms with Crippen molar-refractivity contribution in [3.8, 4) is 0 Å². The van der Waals surface area contributed by atoms with E-state index in [4.69, 9.17) is 11.5 Å². The highest BCUT2D eigenvalue weighted by Crippen LogP contribution is 2.05. The predicted molar refractivity (Wildman–Crippen MR) is 67.6 cm³/mol. The van der Waals surface area contributed by atoms with Crippen LogP contribution in [0.25, 0.3) is 0 Å². The molecular formula is C12H29N3. The van der Waals surface area contributed by atoms with Crippen LogP contribution in [0.4, 0.5) is 0 Å². The number of nitrogens with one attached hydrogen (secondary N) is 1. The molecule has 0 bridgehead atoms. The monoisotopic (exact) mass is 215 g/mol. The highest BCUT2D eigenvalue weighted by atomic mass is 14.9. The van der Waals surface area contributed by atoms with Gasteiger partial charge in [-0.05, 0) is 38.8 Å². The molecule has 0 fully saturated rings. The molecule has 0 saturated heterocycles. The van der Waals surface area contributed by atoms with Crippen molar-refractivity contribution in [3.63, 3.8) is 0 Å². The largest absolute Gasteiger partial charge is 0.317 e. The van der Waals surface area contributed by atoms with E-state index in [-0.39, 0.29) is 0 Å². The molecule has 0 aliphatic carbocycles. The van der Waals surface area contributed by atoms with Gasteiger partial charge >= 0.3 is 0 Å². The van der Waals surface area contributed by atoms with E-state index in [1.54, 1.807) is 0 Å². The van der Waals surface area contributed by atoms with Crippen molar-refractivity contribution in [1.29, 1.82) is 0 Å². The van der Waals surface area contributed by atoms with Crippen LogP contribution >= 0.6 is 0 Å². The van der Waals surface area contributed by atoms with E-state index in [1.807, 2.05) is 6.92 Å². The summed E-state index contributed by atoms with van der Waals surface area (Å²) in [5.74, 6) is 0. The summed E-state index contributed by atoms with van der Waals surface area (Å²) in [6.07, 6.45) is 8.13. The normalized spacial score (nSPS) is 12.0. The molecule has 0 heterocycles. The van der Waals surface area contributed by atoms with Gasteiger partial charge in [0.15, 0.2) is 0 Å². The van der Waals surface area contributed by atoms with Gasteiger partial charge in [-0.3, -0.25) is 0 Å². The van der Waals surface area contributed by atoms with Crippen LogP contribution in [0.5, 0.6) is 0 Å². The van der Waals surface area contributed by atoms with Crippen LogP contribution in [0, 0.1) is 0 Å². The van der Waals surface area contributed by atoms with Crippen molar-refractivity contribution in [3.05, 3.63) is 0 Å². The molecule has 0 aromatic rings. The van der Waals surface area contributed by atoms with Crippen LogP contribution in [-0.4, -0.2) is 18.8 Å². The Kier molecular flexibility index (Phi) is 9.06. The summed E-state index contributed by atoms with van der Waals surface area (Å²) in [5, 5.41) is 3.43. The lowest BCUT2D eigenvalue weighted by molar-refractivity contribution is 0.378. The fourth-order valence-corrected chi connectivity index (χ4v) is 1.52. The molecule has 0 spiro atoms. The Morgan fingerprint density at radius 1 is 0.933 bits per heavy atom. The van der Waals surface area contributed by atoms with Gasteiger partial charge < -0.3 is 16.8 Å². The molecule has 0 aromatic heterocycles. The van der Waals surface area contributed by atoms with Crippen LogP contribution in [0.2, 0.25) is 0 Å². The van der Waals surface area contributed by atoms with Crippen LogP contribution in [0.15, 0.2) is 0 Å². The standard InChI is InChI=1S/C12H29N3/c1-3-5-6-7-10-15-11-8-9-12(13,14)4-2/h15H,3-11,13-14H2,1-2H3. The molecular weight excluding hydrogens is 186 g/mol. The van der Waals surface area contributed by atoms with E-state index in [9.17, 15) is 0 Å². The molecule has 0 atom stereocenters. The van der Waals surface area contributed by atoms with Gasteiger partial charge in [0, 0.05) is 0 Å². The summed E-state index contributed by atoms with van der Waals surface area (Å²) in [7, 11) is 0. The molecule has 0 radical (unpaired) electrons. The number of hydrogen-bond donors (Lipinski definition) is 3. The zero-order valence-electron chi connectivity index (χ0n) is 10.5. The van der Waals surface area contributed by atoms with Gasteiger partial charge in [-0.15, -0.1) is 0 Å². The molecule has 15 heavy (non-hydrogen) atoms. The summed E-state index contributed by atoms with van der Waals surface area (Å²) < 4.78 is 0. The van der Waals surface area contributed by atoms with Gasteiger partial charge in [-0.25, -0.2) is 0 Å². The van der Waals surface area contributed by atoms with Crippen molar-refractivity contribution in [1.82, 2.24) is 5.32 Å². The maximum Gasteiger partial charge on any atom is 0.0634 e. The molecule has 0 amide bonds. The fourth-order valence-electron chi connectivity index (χ4n) is 1.52. The lowest BCUT2D eigenvalue weighted by Gasteiger charge is -2.22. The zero-order valence-corrected chi connectivity index (χ0v) is 10.5. The minimum absolute atomic E-state index is 0.454. The Hall–Kier alpha value is -0.120. The van der Waals surface area contributed by atoms with Gasteiger partial charge in [0.25, 0.3) is 0 Å². The molecule has 0 saturated carbocycles. The van der Waals surface area contributed by atoms with E-state index >= 15 is 0 Å². The smallest absolute Gasteiger partial charge is 0.0634 e. The quantitative estimate of drug-likeness (QED) is 0.385. The maximum absolute atomic E-state index is 5.85. The maximum atomic E-state index is 5.85. The molecule has 0 aliphatic rings. The molecule has 3 heteroatoms. The predicted octanol–water partition coefficient (Wildman–Crippen LogP) is 1.96. The van der Waals surface area contributed by atoms with Crippen LogP contribution in [-0.2, 0) is 0 Å². The highest BCUT2D eigenvalue weighted by molar-refractivity contribution is 4.74. The fraction of sp³-hybridized carbons (Fsp3) is 1.00. The van der Waals surface area contributed by atoms with Gasteiger partial charge in [-0.2, -0.15) is 0 Å². The molecule has 92 valence electrons. The Balaban J connectivity index is 3.11. The Labute approximate surface area is 95.0 Å². The molecule has 0 aromatic carbocycles. The highest BCUT2D eigenvalue weighted by Gasteiger charge is 2.14. The van der Waals surface area contributed by atoms with Crippen molar-refractivity contribution < 1.29 is 0 Å². The first-order valence-corrected chi connectivity index (χ1v) is 6.41. The third-order valence-electron chi connectivity index (χ3n) is 2.86. The van der Waals surface area contributed by atoms with Crippen molar-refractivity contribution >= 4 is 0 Å². The Morgan fingerprint density at radius 3 is 2.20 bits per heavy atom. The lowest BCUT2D eigenvalue weighted by atomic mass is 10.0. The minimum atomic E-state index is -0.454. The SMILES string of the molecule is CCCCCCNCCCC(N)(N)CC. The van der Waals surface area contributed by atoms with Gasteiger partial charge in [0.05, 0.1) is 5.66 Å². The van der Waals surface area contributed by atoms with E-state index in [1.165, 1.54) is 25.7 Å². The van der Waals surface area contributed by atoms with E-state index in [0.29, 0.717) is 0 Å². The van der Waals surface area contributed by atoms with Crippen LogP contribution in [0.1, 0.15) is 58.8 Å². The summed E-state index contributed by atoms with van der Waals surface area (Å²) >= 11 is 0. The summed E-state index contributed by atoms with van der Waals surface area (Å²) in [4.78, 5) is 0.